The summed E-state index contributed by atoms with van der Waals surface area (Å²) in [5.41, 5.74) is 0. The van der Waals surface area contributed by atoms with Gasteiger partial charge in [0.05, 0.1) is 0 Å². The maximum absolute atomic E-state index is 13.9. The quantitative estimate of drug-likeness (QED) is 0.601. The van der Waals surface area contributed by atoms with Gasteiger partial charge in [-0.2, -0.15) is 0 Å². The van der Waals surface area contributed by atoms with Crippen LogP contribution in [0.3, 0.4) is 0 Å². The highest BCUT2D eigenvalue weighted by Crippen LogP contribution is 2.42. The third-order valence-electron chi connectivity index (χ3n) is 4.26. The normalized spacial score (nSPS) is 40.0. The zero-order chi connectivity index (χ0) is 12.3. The van der Waals surface area contributed by atoms with Crippen molar-refractivity contribution in [2.45, 2.75) is 53.1 Å². The molecule has 94 valence electrons. The van der Waals surface area contributed by atoms with Gasteiger partial charge in [0, 0.05) is 0 Å². The van der Waals surface area contributed by atoms with E-state index in [1.807, 2.05) is 6.08 Å². The molecule has 1 fully saturated rings. The van der Waals surface area contributed by atoms with Gasteiger partial charge < -0.3 is 0 Å². The third kappa shape index (κ3) is 3.09. The highest BCUT2D eigenvalue weighted by molar-refractivity contribution is 4.96. The largest absolute Gasteiger partial charge is 0.247 e. The number of hydrogen-bond donors (Lipinski definition) is 0. The lowest BCUT2D eigenvalue weighted by Gasteiger charge is -2.41. The highest BCUT2D eigenvalue weighted by atomic mass is 19.1. The van der Waals surface area contributed by atoms with Crippen LogP contribution < -0.4 is 0 Å². The SMILES string of the molecule is C=CC1C(CCC(C)C)CC(C)C(F)C1C. The third-order valence-corrected chi connectivity index (χ3v) is 4.26. The van der Waals surface area contributed by atoms with Crippen LogP contribution in [-0.4, -0.2) is 6.17 Å². The average molecular weight is 226 g/mol. The second-order valence-electron chi connectivity index (χ2n) is 6.06. The Kier molecular flexibility index (Phi) is 5.01. The van der Waals surface area contributed by atoms with Gasteiger partial charge in [-0.25, -0.2) is 4.39 Å². The Morgan fingerprint density at radius 3 is 2.50 bits per heavy atom. The molecule has 0 bridgehead atoms. The molecule has 0 heterocycles. The molecule has 1 aliphatic carbocycles. The van der Waals surface area contributed by atoms with Crippen molar-refractivity contribution in [3.05, 3.63) is 12.7 Å². The van der Waals surface area contributed by atoms with Gasteiger partial charge in [0.25, 0.3) is 0 Å². The minimum absolute atomic E-state index is 0.151. The summed E-state index contributed by atoms with van der Waals surface area (Å²) in [4.78, 5) is 0. The molecule has 0 spiro atoms. The molecule has 1 saturated carbocycles. The molecule has 5 atom stereocenters. The zero-order valence-electron chi connectivity index (χ0n) is 11.2. The zero-order valence-corrected chi connectivity index (χ0v) is 11.2. The van der Waals surface area contributed by atoms with Crippen LogP contribution in [0.25, 0.3) is 0 Å². The fraction of sp³-hybridized carbons (Fsp3) is 0.867. The van der Waals surface area contributed by atoms with Crippen molar-refractivity contribution in [1.29, 1.82) is 0 Å². The summed E-state index contributed by atoms with van der Waals surface area (Å²) in [6.07, 6.45) is 4.88. The van der Waals surface area contributed by atoms with Crippen LogP contribution in [0.4, 0.5) is 4.39 Å². The Labute approximate surface area is 100 Å². The second-order valence-corrected chi connectivity index (χ2v) is 6.06. The predicted octanol–water partition coefficient (Wildman–Crippen LogP) is 4.86. The summed E-state index contributed by atoms with van der Waals surface area (Å²) < 4.78 is 13.9. The van der Waals surface area contributed by atoms with Gasteiger partial charge >= 0.3 is 0 Å². The number of alkyl halides is 1. The summed E-state index contributed by atoms with van der Waals surface area (Å²) in [5.74, 6) is 2.16. The van der Waals surface area contributed by atoms with E-state index < -0.39 is 6.17 Å². The molecule has 0 aromatic rings. The van der Waals surface area contributed by atoms with Crippen molar-refractivity contribution in [2.24, 2.45) is 29.6 Å². The Bertz CT molecular complexity index is 221. The van der Waals surface area contributed by atoms with E-state index in [4.69, 9.17) is 0 Å². The van der Waals surface area contributed by atoms with E-state index >= 15 is 0 Å². The van der Waals surface area contributed by atoms with Gasteiger partial charge in [-0.05, 0) is 42.4 Å². The van der Waals surface area contributed by atoms with Gasteiger partial charge in [0.1, 0.15) is 6.17 Å². The van der Waals surface area contributed by atoms with Crippen molar-refractivity contribution in [1.82, 2.24) is 0 Å². The predicted molar refractivity (Wildman–Crippen MR) is 69.1 cm³/mol. The van der Waals surface area contributed by atoms with Crippen LogP contribution in [0.1, 0.15) is 47.0 Å². The fourth-order valence-corrected chi connectivity index (χ4v) is 3.19. The molecule has 1 heteroatoms. The van der Waals surface area contributed by atoms with E-state index in [1.54, 1.807) is 0 Å². The number of hydrogen-bond acceptors (Lipinski definition) is 0. The maximum atomic E-state index is 13.9. The van der Waals surface area contributed by atoms with Gasteiger partial charge in [0.15, 0.2) is 0 Å². The van der Waals surface area contributed by atoms with E-state index in [1.165, 1.54) is 12.8 Å². The monoisotopic (exact) mass is 226 g/mol. The van der Waals surface area contributed by atoms with E-state index in [0.717, 1.165) is 12.3 Å². The minimum Gasteiger partial charge on any atom is -0.247 e. The Morgan fingerprint density at radius 2 is 2.00 bits per heavy atom. The summed E-state index contributed by atoms with van der Waals surface area (Å²) in [6.45, 7) is 12.5. The van der Waals surface area contributed by atoms with Crippen LogP contribution in [0.5, 0.6) is 0 Å². The molecule has 0 aliphatic heterocycles. The molecule has 0 nitrogen and oxygen atoms in total. The maximum Gasteiger partial charge on any atom is 0.106 e. The van der Waals surface area contributed by atoms with Crippen LogP contribution >= 0.6 is 0 Å². The van der Waals surface area contributed by atoms with Crippen LogP contribution in [-0.2, 0) is 0 Å². The van der Waals surface area contributed by atoms with Crippen LogP contribution in [0.2, 0.25) is 0 Å². The molecule has 0 aromatic heterocycles. The average Bonchev–Trinajstić information content (AvgIpc) is 2.23. The molecule has 1 aliphatic rings. The number of halogens is 1. The molecule has 0 amide bonds. The molecule has 5 unspecified atom stereocenters. The fourth-order valence-electron chi connectivity index (χ4n) is 3.19. The molecule has 0 aromatic carbocycles. The minimum atomic E-state index is -0.640. The van der Waals surface area contributed by atoms with Gasteiger partial charge in [-0.1, -0.05) is 40.2 Å². The summed E-state index contributed by atoms with van der Waals surface area (Å²) in [5, 5.41) is 0. The van der Waals surface area contributed by atoms with Gasteiger partial charge in [0.2, 0.25) is 0 Å². The highest BCUT2D eigenvalue weighted by Gasteiger charge is 2.39. The van der Waals surface area contributed by atoms with E-state index in [-0.39, 0.29) is 11.8 Å². The number of rotatable bonds is 4. The first kappa shape index (κ1) is 13.7. The molecule has 0 radical (unpaired) electrons. The van der Waals surface area contributed by atoms with Crippen molar-refractivity contribution < 1.29 is 4.39 Å². The Hall–Kier alpha value is -0.330. The molecule has 0 saturated heterocycles. The molecular weight excluding hydrogens is 199 g/mol. The Morgan fingerprint density at radius 1 is 1.38 bits per heavy atom. The summed E-state index contributed by atoms with van der Waals surface area (Å²) in [7, 11) is 0. The van der Waals surface area contributed by atoms with Gasteiger partial charge in [-0.15, -0.1) is 6.58 Å². The van der Waals surface area contributed by atoms with Crippen molar-refractivity contribution in [3.8, 4) is 0 Å². The van der Waals surface area contributed by atoms with Gasteiger partial charge in [-0.3, -0.25) is 0 Å². The molecule has 16 heavy (non-hydrogen) atoms. The lowest BCUT2D eigenvalue weighted by molar-refractivity contribution is 0.0431. The molecule has 1 rings (SSSR count). The van der Waals surface area contributed by atoms with Crippen molar-refractivity contribution in [2.75, 3.05) is 0 Å². The lowest BCUT2D eigenvalue weighted by Crippen LogP contribution is -2.38. The topological polar surface area (TPSA) is 0 Å². The van der Waals surface area contributed by atoms with E-state index in [0.29, 0.717) is 11.8 Å². The first-order chi connectivity index (χ1) is 7.47. The van der Waals surface area contributed by atoms with E-state index in [2.05, 4.69) is 34.3 Å². The summed E-state index contributed by atoms with van der Waals surface area (Å²) in [6, 6.07) is 0. The van der Waals surface area contributed by atoms with Crippen LogP contribution in [0, 0.1) is 29.6 Å². The second kappa shape index (κ2) is 5.84. The lowest BCUT2D eigenvalue weighted by atomic mass is 9.66. The van der Waals surface area contributed by atoms with Crippen LogP contribution in [0.15, 0.2) is 12.7 Å². The van der Waals surface area contributed by atoms with Crippen molar-refractivity contribution >= 4 is 0 Å². The number of allylic oxidation sites excluding steroid dienone is 1. The van der Waals surface area contributed by atoms with Crippen molar-refractivity contribution in [3.63, 3.8) is 0 Å². The first-order valence-electron chi connectivity index (χ1n) is 6.74. The standard InChI is InChI=1S/C15H27F/c1-6-14-12(5)15(16)11(4)9-13(14)8-7-10(2)3/h6,10-15H,1,7-9H2,2-5H3. The Balaban J connectivity index is 2.63. The first-order valence-corrected chi connectivity index (χ1v) is 6.74. The molecular formula is C15H27F. The van der Waals surface area contributed by atoms with E-state index in [9.17, 15) is 4.39 Å². The smallest absolute Gasteiger partial charge is 0.106 e. The summed E-state index contributed by atoms with van der Waals surface area (Å²) >= 11 is 0. The molecule has 0 N–H and O–H groups in total.